The van der Waals surface area contributed by atoms with Crippen LogP contribution in [0.25, 0.3) is 0 Å². The second kappa shape index (κ2) is 8.62. The van der Waals surface area contributed by atoms with Gasteiger partial charge in [0, 0.05) is 19.7 Å². The lowest BCUT2D eigenvalue weighted by molar-refractivity contribution is -0.139. The smallest absolute Gasteiger partial charge is 0.341 e. The fourth-order valence-electron chi connectivity index (χ4n) is 1.75. The summed E-state index contributed by atoms with van der Waals surface area (Å²) < 4.78 is 10.5. The van der Waals surface area contributed by atoms with Gasteiger partial charge in [0.15, 0.2) is 18.1 Å². The molecule has 0 aliphatic carbocycles. The van der Waals surface area contributed by atoms with Gasteiger partial charge in [0.2, 0.25) is 5.91 Å². The standard InChI is InChI=1S/C15H20N2O6/c1-4-22-12-7-10(5-6-11(12)23-9-14(19)20)15(21)17(3)8-13(18)16-2/h5-7H,4,8-9H2,1-3H3,(H,16,18)(H,19,20). The summed E-state index contributed by atoms with van der Waals surface area (Å²) in [7, 11) is 3.00. The summed E-state index contributed by atoms with van der Waals surface area (Å²) in [4.78, 5) is 35.4. The third kappa shape index (κ3) is 5.50. The van der Waals surface area contributed by atoms with Crippen molar-refractivity contribution in [3.63, 3.8) is 0 Å². The summed E-state index contributed by atoms with van der Waals surface area (Å²) in [6, 6.07) is 4.42. The molecule has 8 heteroatoms. The van der Waals surface area contributed by atoms with E-state index in [0.717, 1.165) is 0 Å². The first-order valence-corrected chi connectivity index (χ1v) is 6.96. The van der Waals surface area contributed by atoms with Crippen LogP contribution in [0.2, 0.25) is 0 Å². The summed E-state index contributed by atoms with van der Waals surface area (Å²) in [5.74, 6) is -1.25. The van der Waals surface area contributed by atoms with Gasteiger partial charge in [0.1, 0.15) is 0 Å². The molecule has 0 atom stereocenters. The van der Waals surface area contributed by atoms with Gasteiger partial charge in [0.05, 0.1) is 13.2 Å². The number of carboxylic acids is 1. The van der Waals surface area contributed by atoms with Crippen molar-refractivity contribution in [2.24, 2.45) is 0 Å². The van der Waals surface area contributed by atoms with Gasteiger partial charge in [-0.2, -0.15) is 0 Å². The molecule has 2 amide bonds. The highest BCUT2D eigenvalue weighted by Gasteiger charge is 2.17. The lowest BCUT2D eigenvalue weighted by Crippen LogP contribution is -2.36. The summed E-state index contributed by atoms with van der Waals surface area (Å²) in [5.41, 5.74) is 0.308. The maximum Gasteiger partial charge on any atom is 0.341 e. The highest BCUT2D eigenvalue weighted by Crippen LogP contribution is 2.29. The second-order valence-electron chi connectivity index (χ2n) is 4.61. The van der Waals surface area contributed by atoms with Crippen LogP contribution in [0, 0.1) is 0 Å². The fraction of sp³-hybridized carbons (Fsp3) is 0.400. The van der Waals surface area contributed by atoms with E-state index in [9.17, 15) is 14.4 Å². The van der Waals surface area contributed by atoms with Gasteiger partial charge < -0.3 is 24.8 Å². The van der Waals surface area contributed by atoms with Crippen molar-refractivity contribution < 1.29 is 29.0 Å². The SMILES string of the molecule is CCOc1cc(C(=O)N(C)CC(=O)NC)ccc1OCC(=O)O. The number of amides is 2. The minimum Gasteiger partial charge on any atom is -0.490 e. The third-order valence-corrected chi connectivity index (χ3v) is 2.85. The normalized spacial score (nSPS) is 9.87. The molecular formula is C15H20N2O6. The topological polar surface area (TPSA) is 105 Å². The Labute approximate surface area is 134 Å². The van der Waals surface area contributed by atoms with Gasteiger partial charge in [-0.15, -0.1) is 0 Å². The Morgan fingerprint density at radius 2 is 1.91 bits per heavy atom. The minimum absolute atomic E-state index is 0.0728. The molecule has 0 unspecified atom stereocenters. The van der Waals surface area contributed by atoms with Gasteiger partial charge in [-0.25, -0.2) is 4.79 Å². The number of nitrogens with one attached hydrogen (secondary N) is 1. The number of carbonyl (C=O) groups is 3. The molecule has 0 aromatic heterocycles. The van der Waals surface area contributed by atoms with Crippen LogP contribution < -0.4 is 14.8 Å². The average Bonchev–Trinajstić information content (AvgIpc) is 2.52. The number of carboxylic acid groups (broad SMARTS) is 1. The number of ether oxygens (including phenoxy) is 2. The molecule has 1 aromatic carbocycles. The Morgan fingerprint density at radius 1 is 1.22 bits per heavy atom. The fourth-order valence-corrected chi connectivity index (χ4v) is 1.75. The molecule has 8 nitrogen and oxygen atoms in total. The molecular weight excluding hydrogens is 304 g/mol. The molecule has 0 aliphatic heterocycles. The summed E-state index contributed by atoms with van der Waals surface area (Å²) in [6.07, 6.45) is 0. The third-order valence-electron chi connectivity index (χ3n) is 2.85. The summed E-state index contributed by atoms with van der Waals surface area (Å²) in [5, 5.41) is 11.1. The second-order valence-corrected chi connectivity index (χ2v) is 4.61. The van der Waals surface area contributed by atoms with E-state index in [1.165, 1.54) is 37.2 Å². The van der Waals surface area contributed by atoms with Gasteiger partial charge in [0.25, 0.3) is 5.91 Å². The van der Waals surface area contributed by atoms with Crippen LogP contribution in [0.5, 0.6) is 11.5 Å². The number of aliphatic carboxylic acids is 1. The molecule has 0 spiro atoms. The first-order chi connectivity index (χ1) is 10.9. The van der Waals surface area contributed by atoms with Gasteiger partial charge >= 0.3 is 5.97 Å². The molecule has 1 rings (SSSR count). The van der Waals surface area contributed by atoms with Gasteiger partial charge in [-0.3, -0.25) is 9.59 Å². The molecule has 23 heavy (non-hydrogen) atoms. The van der Waals surface area contributed by atoms with Crippen molar-refractivity contribution >= 4 is 17.8 Å². The van der Waals surface area contributed by atoms with Gasteiger partial charge in [-0.1, -0.05) is 0 Å². The van der Waals surface area contributed by atoms with E-state index in [0.29, 0.717) is 12.2 Å². The van der Waals surface area contributed by atoms with Crippen LogP contribution in [0.1, 0.15) is 17.3 Å². The van der Waals surface area contributed by atoms with Crippen molar-refractivity contribution in [3.8, 4) is 11.5 Å². The van der Waals surface area contributed by atoms with E-state index in [4.69, 9.17) is 14.6 Å². The van der Waals surface area contributed by atoms with E-state index < -0.39 is 12.6 Å². The lowest BCUT2D eigenvalue weighted by atomic mass is 10.1. The highest BCUT2D eigenvalue weighted by molar-refractivity contribution is 5.96. The summed E-state index contributed by atoms with van der Waals surface area (Å²) in [6.45, 7) is 1.50. The number of hydrogen-bond donors (Lipinski definition) is 2. The first kappa shape index (κ1) is 18.3. The molecule has 0 aliphatic rings. The zero-order chi connectivity index (χ0) is 17.4. The van der Waals surface area contributed by atoms with Gasteiger partial charge in [-0.05, 0) is 25.1 Å². The van der Waals surface area contributed by atoms with Crippen LogP contribution >= 0.6 is 0 Å². The molecule has 0 fully saturated rings. The summed E-state index contributed by atoms with van der Waals surface area (Å²) >= 11 is 0. The number of rotatable bonds is 8. The number of likely N-dealkylation sites (N-methyl/N-ethyl adjacent to an activating group) is 2. The number of nitrogens with zero attached hydrogens (tertiary/aromatic N) is 1. The Kier molecular flexibility index (Phi) is 6.85. The van der Waals surface area contributed by atoms with Crippen LogP contribution in [-0.2, 0) is 9.59 Å². The monoisotopic (exact) mass is 324 g/mol. The molecule has 2 N–H and O–H groups in total. The van der Waals surface area contributed by atoms with E-state index in [1.54, 1.807) is 6.92 Å². The molecule has 1 aromatic rings. The van der Waals surface area contributed by atoms with Crippen LogP contribution in [0.3, 0.4) is 0 Å². The molecule has 0 saturated carbocycles. The molecule has 126 valence electrons. The van der Waals surface area contributed by atoms with Crippen molar-refractivity contribution in [2.75, 3.05) is 33.9 Å². The zero-order valence-electron chi connectivity index (χ0n) is 13.3. The number of hydrogen-bond acceptors (Lipinski definition) is 5. The Bertz CT molecular complexity index is 587. The van der Waals surface area contributed by atoms with E-state index in [1.807, 2.05) is 0 Å². The molecule has 0 saturated heterocycles. The number of carbonyl (C=O) groups excluding carboxylic acids is 2. The zero-order valence-corrected chi connectivity index (χ0v) is 13.3. The van der Waals surface area contributed by atoms with Crippen molar-refractivity contribution in [2.45, 2.75) is 6.92 Å². The number of benzene rings is 1. The maximum atomic E-state index is 12.3. The molecule has 0 heterocycles. The Morgan fingerprint density at radius 3 is 2.48 bits per heavy atom. The first-order valence-electron chi connectivity index (χ1n) is 6.96. The predicted molar refractivity (Wildman–Crippen MR) is 81.8 cm³/mol. The van der Waals surface area contributed by atoms with E-state index in [2.05, 4.69) is 5.32 Å². The highest BCUT2D eigenvalue weighted by atomic mass is 16.5. The lowest BCUT2D eigenvalue weighted by Gasteiger charge is -2.17. The largest absolute Gasteiger partial charge is 0.490 e. The predicted octanol–water partition coefficient (Wildman–Crippen LogP) is 0.367. The van der Waals surface area contributed by atoms with Crippen LogP contribution in [-0.4, -0.2) is 61.6 Å². The Hall–Kier alpha value is -2.77. The molecule has 0 radical (unpaired) electrons. The van der Waals surface area contributed by atoms with Crippen LogP contribution in [0.4, 0.5) is 0 Å². The maximum absolute atomic E-state index is 12.3. The Balaban J connectivity index is 2.95. The van der Waals surface area contributed by atoms with Crippen molar-refractivity contribution in [3.05, 3.63) is 23.8 Å². The van der Waals surface area contributed by atoms with E-state index >= 15 is 0 Å². The van der Waals surface area contributed by atoms with E-state index in [-0.39, 0.29) is 29.9 Å². The van der Waals surface area contributed by atoms with Crippen molar-refractivity contribution in [1.82, 2.24) is 10.2 Å². The minimum atomic E-state index is -1.11. The van der Waals surface area contributed by atoms with Crippen LogP contribution in [0.15, 0.2) is 18.2 Å². The molecule has 0 bridgehead atoms. The quantitative estimate of drug-likeness (QED) is 0.715. The average molecular weight is 324 g/mol. The van der Waals surface area contributed by atoms with Crippen molar-refractivity contribution in [1.29, 1.82) is 0 Å².